The number of aromatic nitrogens is 3. The summed E-state index contributed by atoms with van der Waals surface area (Å²) in [6.45, 7) is 1.93. The van der Waals surface area contributed by atoms with Crippen molar-refractivity contribution in [2.45, 2.75) is 13.0 Å². The standard InChI is InChI=1S/C6H10N4.2ClH/c1-10-6-2-3-7-4-5(6)8-9-10;;/h7H,2-4H2,1H3;2*1H. The highest BCUT2D eigenvalue weighted by atomic mass is 35.5. The number of rotatable bonds is 0. The SMILES string of the molecule is Cl.Cl.Cn1nnc2c1CCNC2. The van der Waals surface area contributed by atoms with Gasteiger partial charge >= 0.3 is 0 Å². The van der Waals surface area contributed by atoms with E-state index in [1.54, 1.807) is 0 Å². The number of halogens is 2. The summed E-state index contributed by atoms with van der Waals surface area (Å²) in [5.74, 6) is 0. The molecule has 0 saturated heterocycles. The molecule has 4 nitrogen and oxygen atoms in total. The summed E-state index contributed by atoms with van der Waals surface area (Å²) in [6.07, 6.45) is 1.05. The molecule has 6 heteroatoms. The van der Waals surface area contributed by atoms with Gasteiger partial charge in [-0.1, -0.05) is 5.21 Å². The van der Waals surface area contributed by atoms with Crippen LogP contribution in [0.15, 0.2) is 0 Å². The Morgan fingerprint density at radius 1 is 1.42 bits per heavy atom. The number of nitrogens with one attached hydrogen (secondary N) is 1. The van der Waals surface area contributed by atoms with Crippen molar-refractivity contribution in [3.63, 3.8) is 0 Å². The zero-order valence-corrected chi connectivity index (χ0v) is 8.41. The second-order valence-corrected chi connectivity index (χ2v) is 2.53. The largest absolute Gasteiger partial charge is 0.311 e. The third kappa shape index (κ3) is 1.88. The highest BCUT2D eigenvalue weighted by Gasteiger charge is 2.13. The lowest BCUT2D eigenvalue weighted by molar-refractivity contribution is 0.604. The van der Waals surface area contributed by atoms with Crippen molar-refractivity contribution in [2.24, 2.45) is 7.05 Å². The zero-order chi connectivity index (χ0) is 6.97. The van der Waals surface area contributed by atoms with Gasteiger partial charge in [-0.2, -0.15) is 0 Å². The highest BCUT2D eigenvalue weighted by molar-refractivity contribution is 5.85. The van der Waals surface area contributed by atoms with Gasteiger partial charge in [0.2, 0.25) is 0 Å². The van der Waals surface area contributed by atoms with Crippen molar-refractivity contribution in [3.8, 4) is 0 Å². The van der Waals surface area contributed by atoms with Crippen LogP contribution >= 0.6 is 24.8 Å². The highest BCUT2D eigenvalue weighted by Crippen LogP contribution is 2.07. The van der Waals surface area contributed by atoms with Crippen LogP contribution in [0.5, 0.6) is 0 Å². The van der Waals surface area contributed by atoms with Crippen LogP contribution in [0.4, 0.5) is 0 Å². The second-order valence-electron chi connectivity index (χ2n) is 2.53. The molecular formula is C6H12Cl2N4. The molecule has 0 aliphatic carbocycles. The van der Waals surface area contributed by atoms with Crippen LogP contribution in [0.3, 0.4) is 0 Å². The molecule has 0 atom stereocenters. The minimum atomic E-state index is 0. The minimum absolute atomic E-state index is 0. The van der Waals surface area contributed by atoms with Gasteiger partial charge in [-0.25, -0.2) is 0 Å². The monoisotopic (exact) mass is 210 g/mol. The third-order valence-corrected chi connectivity index (χ3v) is 1.85. The molecule has 2 heterocycles. The van der Waals surface area contributed by atoms with Gasteiger partial charge < -0.3 is 5.32 Å². The van der Waals surface area contributed by atoms with Gasteiger partial charge in [-0.3, -0.25) is 4.68 Å². The Hall–Kier alpha value is -0.320. The molecule has 1 aromatic rings. The van der Waals surface area contributed by atoms with Crippen molar-refractivity contribution in [2.75, 3.05) is 6.54 Å². The Kier molecular flexibility index (Phi) is 4.52. The maximum Gasteiger partial charge on any atom is 0.0997 e. The molecule has 1 aliphatic rings. The van der Waals surface area contributed by atoms with E-state index in [-0.39, 0.29) is 24.8 Å². The van der Waals surface area contributed by atoms with Crippen molar-refractivity contribution in [1.82, 2.24) is 20.3 Å². The molecule has 0 amide bonds. The van der Waals surface area contributed by atoms with Gasteiger partial charge in [0.05, 0.1) is 11.4 Å². The Balaban J connectivity index is 0.000000605. The summed E-state index contributed by atoms with van der Waals surface area (Å²) in [5.41, 5.74) is 2.38. The topological polar surface area (TPSA) is 42.7 Å². The molecular weight excluding hydrogens is 199 g/mol. The lowest BCUT2D eigenvalue weighted by Gasteiger charge is -2.10. The van der Waals surface area contributed by atoms with E-state index in [2.05, 4.69) is 15.6 Å². The molecule has 1 aliphatic heterocycles. The Morgan fingerprint density at radius 2 is 2.17 bits per heavy atom. The predicted molar refractivity (Wildman–Crippen MR) is 50.9 cm³/mol. The maximum absolute atomic E-state index is 4.01. The van der Waals surface area contributed by atoms with Crippen LogP contribution in [0.2, 0.25) is 0 Å². The smallest absolute Gasteiger partial charge is 0.0997 e. The van der Waals surface area contributed by atoms with Gasteiger partial charge in [0.15, 0.2) is 0 Å². The maximum atomic E-state index is 4.01. The first kappa shape index (κ1) is 11.7. The summed E-state index contributed by atoms with van der Waals surface area (Å²) in [7, 11) is 1.94. The van der Waals surface area contributed by atoms with E-state index in [4.69, 9.17) is 0 Å². The molecule has 12 heavy (non-hydrogen) atoms. The summed E-state index contributed by atoms with van der Waals surface area (Å²) in [6, 6.07) is 0. The molecule has 0 aromatic carbocycles. The van der Waals surface area contributed by atoms with Gasteiger partial charge in [-0.15, -0.1) is 29.9 Å². The van der Waals surface area contributed by atoms with E-state index < -0.39 is 0 Å². The van der Waals surface area contributed by atoms with Crippen LogP contribution in [-0.2, 0) is 20.0 Å². The Bertz CT molecular complexity index is 248. The van der Waals surface area contributed by atoms with Crippen LogP contribution in [0.25, 0.3) is 0 Å². The van der Waals surface area contributed by atoms with E-state index in [1.165, 1.54) is 5.69 Å². The Morgan fingerprint density at radius 3 is 2.83 bits per heavy atom. The van der Waals surface area contributed by atoms with E-state index in [0.29, 0.717) is 0 Å². The fourth-order valence-electron chi connectivity index (χ4n) is 1.28. The van der Waals surface area contributed by atoms with E-state index in [1.807, 2.05) is 11.7 Å². The van der Waals surface area contributed by atoms with Crippen molar-refractivity contribution in [1.29, 1.82) is 0 Å². The second kappa shape index (κ2) is 4.64. The molecule has 0 fully saturated rings. The number of hydrogen-bond acceptors (Lipinski definition) is 3. The van der Waals surface area contributed by atoms with E-state index in [0.717, 1.165) is 25.2 Å². The molecule has 1 aromatic heterocycles. The van der Waals surface area contributed by atoms with Crippen LogP contribution in [0, 0.1) is 0 Å². The van der Waals surface area contributed by atoms with Gasteiger partial charge in [0.25, 0.3) is 0 Å². The molecule has 0 unspecified atom stereocenters. The van der Waals surface area contributed by atoms with Crippen molar-refractivity contribution < 1.29 is 0 Å². The van der Waals surface area contributed by atoms with Gasteiger partial charge in [-0.05, 0) is 0 Å². The average Bonchev–Trinajstić information content (AvgIpc) is 2.34. The van der Waals surface area contributed by atoms with Crippen molar-refractivity contribution in [3.05, 3.63) is 11.4 Å². The molecule has 0 radical (unpaired) electrons. The quantitative estimate of drug-likeness (QED) is 0.671. The van der Waals surface area contributed by atoms with Crippen molar-refractivity contribution >= 4 is 24.8 Å². The van der Waals surface area contributed by atoms with Gasteiger partial charge in [0, 0.05) is 26.6 Å². The molecule has 0 bridgehead atoms. The summed E-state index contributed by atoms with van der Waals surface area (Å²) < 4.78 is 1.86. The molecule has 2 rings (SSSR count). The summed E-state index contributed by atoms with van der Waals surface area (Å²) >= 11 is 0. The van der Waals surface area contributed by atoms with Crippen LogP contribution < -0.4 is 5.32 Å². The third-order valence-electron chi connectivity index (χ3n) is 1.85. The van der Waals surface area contributed by atoms with Crippen LogP contribution in [0.1, 0.15) is 11.4 Å². The molecule has 0 spiro atoms. The first-order valence-corrected chi connectivity index (χ1v) is 3.46. The lowest BCUT2D eigenvalue weighted by Crippen LogP contribution is -2.24. The number of nitrogens with zero attached hydrogens (tertiary/aromatic N) is 3. The average molecular weight is 211 g/mol. The first-order valence-electron chi connectivity index (χ1n) is 3.46. The molecule has 0 saturated carbocycles. The lowest BCUT2D eigenvalue weighted by atomic mass is 10.2. The fourth-order valence-corrected chi connectivity index (χ4v) is 1.28. The van der Waals surface area contributed by atoms with Crippen LogP contribution in [-0.4, -0.2) is 21.5 Å². The summed E-state index contributed by atoms with van der Waals surface area (Å²) in [5, 5.41) is 11.2. The molecule has 1 N–H and O–H groups in total. The first-order chi connectivity index (χ1) is 4.88. The van der Waals surface area contributed by atoms with E-state index >= 15 is 0 Å². The summed E-state index contributed by atoms with van der Waals surface area (Å²) in [4.78, 5) is 0. The van der Waals surface area contributed by atoms with Gasteiger partial charge in [0.1, 0.15) is 0 Å². The Labute approximate surface area is 83.5 Å². The number of fused-ring (bicyclic) bond motifs is 1. The minimum Gasteiger partial charge on any atom is -0.311 e. The van der Waals surface area contributed by atoms with E-state index in [9.17, 15) is 0 Å². The normalized spacial score (nSPS) is 14.1. The fraction of sp³-hybridized carbons (Fsp3) is 0.667. The number of aryl methyl sites for hydroxylation is 1. The zero-order valence-electron chi connectivity index (χ0n) is 6.78. The number of hydrogen-bond donors (Lipinski definition) is 1. The molecule has 70 valence electrons. The predicted octanol–water partition coefficient (Wildman–Crippen LogP) is 0.304.